The number of nitrogens with two attached hydrogens (primary N) is 1. The van der Waals surface area contributed by atoms with Crippen LogP contribution in [0.2, 0.25) is 0 Å². The van der Waals surface area contributed by atoms with Gasteiger partial charge in [0.05, 0.1) is 13.3 Å². The first-order chi connectivity index (χ1) is 11.1. The van der Waals surface area contributed by atoms with Gasteiger partial charge < -0.3 is 15.4 Å². The number of benzene rings is 1. The third-order valence-electron chi connectivity index (χ3n) is 3.62. The molecule has 0 unspecified atom stereocenters. The second kappa shape index (κ2) is 5.96. The molecule has 1 amide bonds. The van der Waals surface area contributed by atoms with Crippen LogP contribution in [0.4, 0.5) is 5.82 Å². The number of amides is 1. The van der Waals surface area contributed by atoms with Gasteiger partial charge in [0.25, 0.3) is 5.91 Å². The lowest BCUT2D eigenvalue weighted by atomic mass is 10.2. The van der Waals surface area contributed by atoms with E-state index < -0.39 is 5.91 Å². The predicted molar refractivity (Wildman–Crippen MR) is 86.6 cm³/mol. The van der Waals surface area contributed by atoms with Gasteiger partial charge >= 0.3 is 0 Å². The molecule has 0 aliphatic rings. The van der Waals surface area contributed by atoms with Crippen LogP contribution in [0.3, 0.4) is 0 Å². The summed E-state index contributed by atoms with van der Waals surface area (Å²) in [5, 5.41) is 4.22. The van der Waals surface area contributed by atoms with Gasteiger partial charge in [-0.2, -0.15) is 9.61 Å². The Morgan fingerprint density at radius 1 is 1.30 bits per heavy atom. The zero-order valence-electron chi connectivity index (χ0n) is 12.9. The standard InChI is InChI=1S/C16H17N5O2/c1-20(10-11-3-5-12(23-2)6-4-11)14-7-8-18-16-13(15(17)22)9-19-21(14)16/h3-9H,10H2,1-2H3,(H2,17,22). The number of anilines is 1. The van der Waals surface area contributed by atoms with Gasteiger partial charge in [-0.05, 0) is 23.8 Å². The second-order valence-electron chi connectivity index (χ2n) is 5.17. The molecular formula is C16H17N5O2. The van der Waals surface area contributed by atoms with E-state index in [1.807, 2.05) is 42.3 Å². The first-order valence-corrected chi connectivity index (χ1v) is 7.07. The fraction of sp³-hybridized carbons (Fsp3) is 0.188. The molecule has 0 aliphatic carbocycles. The van der Waals surface area contributed by atoms with Crippen molar-refractivity contribution in [1.82, 2.24) is 14.6 Å². The van der Waals surface area contributed by atoms with Gasteiger partial charge in [0.1, 0.15) is 17.1 Å². The van der Waals surface area contributed by atoms with Crippen LogP contribution < -0.4 is 15.4 Å². The summed E-state index contributed by atoms with van der Waals surface area (Å²) >= 11 is 0. The van der Waals surface area contributed by atoms with Crippen LogP contribution in [-0.4, -0.2) is 34.7 Å². The Balaban J connectivity index is 1.91. The molecule has 0 fully saturated rings. The fourth-order valence-corrected chi connectivity index (χ4v) is 2.43. The minimum atomic E-state index is -0.539. The van der Waals surface area contributed by atoms with Crippen molar-refractivity contribution in [1.29, 1.82) is 0 Å². The highest BCUT2D eigenvalue weighted by Gasteiger charge is 2.14. The van der Waals surface area contributed by atoms with Crippen molar-refractivity contribution in [2.45, 2.75) is 6.54 Å². The Morgan fingerprint density at radius 2 is 2.04 bits per heavy atom. The number of methoxy groups -OCH3 is 1. The van der Waals surface area contributed by atoms with E-state index in [1.165, 1.54) is 6.20 Å². The van der Waals surface area contributed by atoms with E-state index in [1.54, 1.807) is 17.8 Å². The van der Waals surface area contributed by atoms with Crippen molar-refractivity contribution in [3.63, 3.8) is 0 Å². The molecule has 0 saturated carbocycles. The Hall–Kier alpha value is -3.09. The van der Waals surface area contributed by atoms with Crippen LogP contribution in [0, 0.1) is 0 Å². The van der Waals surface area contributed by atoms with Gasteiger partial charge in [-0.3, -0.25) is 4.79 Å². The molecule has 7 heteroatoms. The number of hydrogen-bond donors (Lipinski definition) is 1. The van der Waals surface area contributed by atoms with Crippen molar-refractivity contribution >= 4 is 17.4 Å². The van der Waals surface area contributed by atoms with Crippen molar-refractivity contribution in [2.24, 2.45) is 5.73 Å². The van der Waals surface area contributed by atoms with E-state index >= 15 is 0 Å². The molecule has 7 nitrogen and oxygen atoms in total. The molecule has 0 spiro atoms. The highest BCUT2D eigenvalue weighted by atomic mass is 16.5. The molecule has 3 aromatic rings. The average Bonchev–Trinajstić information content (AvgIpc) is 2.99. The summed E-state index contributed by atoms with van der Waals surface area (Å²) in [6.07, 6.45) is 3.08. The lowest BCUT2D eigenvalue weighted by Gasteiger charge is -2.20. The van der Waals surface area contributed by atoms with Gasteiger partial charge in [-0.15, -0.1) is 0 Å². The lowest BCUT2D eigenvalue weighted by Crippen LogP contribution is -2.20. The first-order valence-electron chi connectivity index (χ1n) is 7.07. The number of rotatable bonds is 5. The molecule has 23 heavy (non-hydrogen) atoms. The summed E-state index contributed by atoms with van der Waals surface area (Å²) < 4.78 is 6.78. The van der Waals surface area contributed by atoms with E-state index in [0.717, 1.165) is 17.1 Å². The highest BCUT2D eigenvalue weighted by molar-refractivity contribution is 5.98. The number of carbonyl (C=O) groups is 1. The maximum atomic E-state index is 11.4. The topological polar surface area (TPSA) is 85.7 Å². The molecule has 0 radical (unpaired) electrons. The summed E-state index contributed by atoms with van der Waals surface area (Å²) in [7, 11) is 3.59. The SMILES string of the molecule is COc1ccc(CN(C)c2ccnc3c(C(N)=O)cnn23)cc1. The van der Waals surface area contributed by atoms with E-state index in [-0.39, 0.29) is 0 Å². The molecular weight excluding hydrogens is 294 g/mol. The highest BCUT2D eigenvalue weighted by Crippen LogP contribution is 2.19. The third-order valence-corrected chi connectivity index (χ3v) is 3.62. The van der Waals surface area contributed by atoms with E-state index in [9.17, 15) is 4.79 Å². The summed E-state index contributed by atoms with van der Waals surface area (Å²) in [5.74, 6) is 1.10. The van der Waals surface area contributed by atoms with Crippen LogP contribution in [0.5, 0.6) is 5.75 Å². The van der Waals surface area contributed by atoms with Gasteiger partial charge in [0.2, 0.25) is 0 Å². The normalized spacial score (nSPS) is 10.7. The smallest absolute Gasteiger partial charge is 0.254 e. The van der Waals surface area contributed by atoms with Gasteiger partial charge in [-0.25, -0.2) is 4.98 Å². The Morgan fingerprint density at radius 3 is 2.70 bits per heavy atom. The molecule has 0 saturated heterocycles. The van der Waals surface area contributed by atoms with Gasteiger partial charge in [-0.1, -0.05) is 12.1 Å². The number of carbonyl (C=O) groups excluding carboxylic acids is 1. The summed E-state index contributed by atoms with van der Waals surface area (Å²) in [4.78, 5) is 17.6. The monoisotopic (exact) mass is 311 g/mol. The molecule has 2 heterocycles. The average molecular weight is 311 g/mol. The summed E-state index contributed by atoms with van der Waals surface area (Å²) in [6.45, 7) is 0.675. The largest absolute Gasteiger partial charge is 0.497 e. The number of aromatic nitrogens is 3. The van der Waals surface area contributed by atoms with Crippen molar-refractivity contribution in [3.05, 3.63) is 53.9 Å². The second-order valence-corrected chi connectivity index (χ2v) is 5.17. The van der Waals surface area contributed by atoms with E-state index in [0.29, 0.717) is 17.8 Å². The molecule has 0 bridgehead atoms. The Kier molecular flexibility index (Phi) is 3.84. The zero-order chi connectivity index (χ0) is 16.4. The Bertz CT molecular complexity index is 841. The van der Waals surface area contributed by atoms with E-state index in [2.05, 4.69) is 10.1 Å². The number of hydrogen-bond acceptors (Lipinski definition) is 5. The molecule has 1 aromatic carbocycles. The summed E-state index contributed by atoms with van der Waals surface area (Å²) in [5.41, 5.74) is 7.23. The first kappa shape index (κ1) is 14.8. The van der Waals surface area contributed by atoms with Crippen LogP contribution >= 0.6 is 0 Å². The van der Waals surface area contributed by atoms with Crippen LogP contribution in [0.15, 0.2) is 42.7 Å². The maximum absolute atomic E-state index is 11.4. The number of primary amides is 1. The number of ether oxygens (including phenoxy) is 1. The molecule has 118 valence electrons. The number of nitrogens with zero attached hydrogens (tertiary/aromatic N) is 4. The van der Waals surface area contributed by atoms with Crippen LogP contribution in [0.1, 0.15) is 15.9 Å². The molecule has 3 rings (SSSR count). The van der Waals surface area contributed by atoms with Crippen molar-refractivity contribution < 1.29 is 9.53 Å². The molecule has 0 aliphatic heterocycles. The van der Waals surface area contributed by atoms with E-state index in [4.69, 9.17) is 10.5 Å². The molecule has 2 N–H and O–H groups in total. The maximum Gasteiger partial charge on any atom is 0.254 e. The quantitative estimate of drug-likeness (QED) is 0.771. The third kappa shape index (κ3) is 2.80. The van der Waals surface area contributed by atoms with Crippen LogP contribution in [0.25, 0.3) is 5.65 Å². The summed E-state index contributed by atoms with van der Waals surface area (Å²) in [6, 6.07) is 9.69. The molecule has 0 atom stereocenters. The van der Waals surface area contributed by atoms with Crippen LogP contribution in [-0.2, 0) is 6.54 Å². The lowest BCUT2D eigenvalue weighted by molar-refractivity contribution is 0.100. The minimum Gasteiger partial charge on any atom is -0.497 e. The Labute approximate surface area is 133 Å². The minimum absolute atomic E-state index is 0.310. The van der Waals surface area contributed by atoms with Crippen molar-refractivity contribution in [2.75, 3.05) is 19.1 Å². The zero-order valence-corrected chi connectivity index (χ0v) is 12.9. The number of fused-ring (bicyclic) bond motifs is 1. The van der Waals surface area contributed by atoms with Gasteiger partial charge in [0, 0.05) is 19.8 Å². The molecule has 2 aromatic heterocycles. The van der Waals surface area contributed by atoms with Gasteiger partial charge in [0.15, 0.2) is 5.65 Å². The fourth-order valence-electron chi connectivity index (χ4n) is 2.43. The predicted octanol–water partition coefficient (Wildman–Crippen LogP) is 1.47. The van der Waals surface area contributed by atoms with Crippen molar-refractivity contribution in [3.8, 4) is 5.75 Å².